The summed E-state index contributed by atoms with van der Waals surface area (Å²) in [5, 5.41) is 26.1. The van der Waals surface area contributed by atoms with Gasteiger partial charge in [-0.2, -0.15) is 15.3 Å². The van der Waals surface area contributed by atoms with Crippen LogP contribution in [-0.2, 0) is 25.4 Å². The molecular weight excluding hydrogens is 368 g/mol. The second-order valence-electron chi connectivity index (χ2n) is 6.03. The largest absolute Gasteiger partial charge is 0.478 e. The van der Waals surface area contributed by atoms with E-state index in [0.29, 0.717) is 5.69 Å². The number of carbonyl (C=O) groups is 3. The summed E-state index contributed by atoms with van der Waals surface area (Å²) >= 11 is 0. The molecule has 0 bridgehead atoms. The van der Waals surface area contributed by atoms with Crippen LogP contribution >= 0.6 is 0 Å². The highest BCUT2D eigenvalue weighted by Gasteiger charge is 2.20. The fourth-order valence-electron chi connectivity index (χ4n) is 2.50. The number of carboxylic acid groups (broad SMARTS) is 1. The summed E-state index contributed by atoms with van der Waals surface area (Å²) in [7, 11) is 3.33. The van der Waals surface area contributed by atoms with Crippen molar-refractivity contribution in [1.82, 2.24) is 29.3 Å². The SMILES string of the molecule is Cc1c(NC(=O)c2c(NC(=O)Cn3cc(C(=O)O)cn3)cnn2C)cnn1C. The van der Waals surface area contributed by atoms with Crippen molar-refractivity contribution in [1.29, 1.82) is 0 Å². The minimum Gasteiger partial charge on any atom is -0.478 e. The monoisotopic (exact) mass is 386 g/mol. The van der Waals surface area contributed by atoms with Crippen LogP contribution in [0.5, 0.6) is 0 Å². The maximum atomic E-state index is 12.7. The molecule has 3 rings (SSSR count). The summed E-state index contributed by atoms with van der Waals surface area (Å²) in [6.45, 7) is 1.59. The predicted molar refractivity (Wildman–Crippen MR) is 96.9 cm³/mol. The van der Waals surface area contributed by atoms with E-state index in [4.69, 9.17) is 5.11 Å². The maximum Gasteiger partial charge on any atom is 0.338 e. The van der Waals surface area contributed by atoms with Crippen molar-refractivity contribution >= 4 is 29.2 Å². The standard InChI is InChI=1S/C16H18N8O4/c1-9-11(5-17-22(9)2)21-15(26)14-12(6-18-23(14)3)20-13(25)8-24-7-10(4-19-24)16(27)28/h4-7H,8H2,1-3H3,(H,20,25)(H,21,26)(H,27,28). The molecule has 146 valence electrons. The summed E-state index contributed by atoms with van der Waals surface area (Å²) in [6, 6.07) is 0. The average molecular weight is 386 g/mol. The Bertz CT molecular complexity index is 1060. The molecule has 3 aromatic heterocycles. The van der Waals surface area contributed by atoms with Crippen molar-refractivity contribution in [3.63, 3.8) is 0 Å². The van der Waals surface area contributed by atoms with Crippen molar-refractivity contribution in [3.8, 4) is 0 Å². The van der Waals surface area contributed by atoms with Gasteiger partial charge in [-0.1, -0.05) is 0 Å². The van der Waals surface area contributed by atoms with E-state index in [1.165, 1.54) is 28.0 Å². The minimum atomic E-state index is -1.14. The number of aromatic nitrogens is 6. The molecule has 0 radical (unpaired) electrons. The Morgan fingerprint density at radius 3 is 2.29 bits per heavy atom. The molecule has 0 aliphatic heterocycles. The van der Waals surface area contributed by atoms with E-state index in [2.05, 4.69) is 25.9 Å². The number of carboxylic acids is 1. The number of nitrogens with one attached hydrogen (secondary N) is 2. The van der Waals surface area contributed by atoms with E-state index in [-0.39, 0.29) is 23.5 Å². The van der Waals surface area contributed by atoms with Crippen molar-refractivity contribution in [2.75, 3.05) is 10.6 Å². The van der Waals surface area contributed by atoms with Crippen molar-refractivity contribution in [3.05, 3.63) is 41.7 Å². The second-order valence-corrected chi connectivity index (χ2v) is 6.03. The minimum absolute atomic E-state index is 0.0268. The lowest BCUT2D eigenvalue weighted by Gasteiger charge is -2.09. The number of rotatable bonds is 6. The van der Waals surface area contributed by atoms with Gasteiger partial charge in [0.25, 0.3) is 5.91 Å². The van der Waals surface area contributed by atoms with Gasteiger partial charge in [-0.05, 0) is 6.92 Å². The Kier molecular flexibility index (Phi) is 4.94. The van der Waals surface area contributed by atoms with Gasteiger partial charge in [0.2, 0.25) is 5.91 Å². The van der Waals surface area contributed by atoms with Crippen LogP contribution in [0.15, 0.2) is 24.8 Å². The van der Waals surface area contributed by atoms with Crippen molar-refractivity contribution in [2.24, 2.45) is 14.1 Å². The number of carbonyl (C=O) groups excluding carboxylic acids is 2. The Balaban J connectivity index is 1.72. The lowest BCUT2D eigenvalue weighted by Crippen LogP contribution is -2.23. The van der Waals surface area contributed by atoms with Gasteiger partial charge in [-0.25, -0.2) is 4.79 Å². The first-order valence-electron chi connectivity index (χ1n) is 8.13. The number of hydrogen-bond donors (Lipinski definition) is 3. The fourth-order valence-corrected chi connectivity index (χ4v) is 2.50. The van der Waals surface area contributed by atoms with Gasteiger partial charge in [0.05, 0.1) is 41.2 Å². The summed E-state index contributed by atoms with van der Waals surface area (Å²) in [5.74, 6) is -2.08. The molecule has 3 N–H and O–H groups in total. The lowest BCUT2D eigenvalue weighted by molar-refractivity contribution is -0.116. The highest BCUT2D eigenvalue weighted by atomic mass is 16.4. The van der Waals surface area contributed by atoms with E-state index < -0.39 is 17.8 Å². The fraction of sp³-hybridized carbons (Fsp3) is 0.250. The Morgan fingerprint density at radius 1 is 1.00 bits per heavy atom. The molecule has 0 unspecified atom stereocenters. The summed E-state index contributed by atoms with van der Waals surface area (Å²) in [4.78, 5) is 35.8. The molecule has 12 heteroatoms. The van der Waals surface area contributed by atoms with Gasteiger partial charge in [0.1, 0.15) is 12.2 Å². The number of anilines is 2. The van der Waals surface area contributed by atoms with Gasteiger partial charge >= 0.3 is 5.97 Å². The molecule has 3 aromatic rings. The molecule has 0 aromatic carbocycles. The number of nitrogens with zero attached hydrogens (tertiary/aromatic N) is 6. The van der Waals surface area contributed by atoms with Crippen molar-refractivity contribution < 1.29 is 19.5 Å². The topological polar surface area (TPSA) is 149 Å². The average Bonchev–Trinajstić information content (AvgIpc) is 3.31. The van der Waals surface area contributed by atoms with Crippen LogP contribution in [0, 0.1) is 6.92 Å². The highest BCUT2D eigenvalue weighted by Crippen LogP contribution is 2.18. The number of amides is 2. The summed E-state index contributed by atoms with van der Waals surface area (Å²) < 4.78 is 4.15. The third-order valence-electron chi connectivity index (χ3n) is 4.10. The normalized spacial score (nSPS) is 10.7. The first kappa shape index (κ1) is 18.8. The Hall–Kier alpha value is -3.96. The third kappa shape index (κ3) is 3.75. The molecule has 0 fully saturated rings. The van der Waals surface area contributed by atoms with Gasteiger partial charge in [-0.15, -0.1) is 0 Å². The van der Waals surface area contributed by atoms with Gasteiger partial charge in [-0.3, -0.25) is 23.6 Å². The molecule has 0 atom stereocenters. The first-order valence-corrected chi connectivity index (χ1v) is 8.13. The van der Waals surface area contributed by atoms with Gasteiger partial charge in [0, 0.05) is 20.3 Å². The number of aromatic carboxylic acids is 1. The lowest BCUT2D eigenvalue weighted by atomic mass is 10.3. The van der Waals surface area contributed by atoms with E-state index in [0.717, 1.165) is 11.9 Å². The van der Waals surface area contributed by atoms with Crippen molar-refractivity contribution in [2.45, 2.75) is 13.5 Å². The number of hydrogen-bond acceptors (Lipinski definition) is 6. The Morgan fingerprint density at radius 2 is 1.68 bits per heavy atom. The van der Waals surface area contributed by atoms with Gasteiger partial charge in [0.15, 0.2) is 0 Å². The molecule has 0 aliphatic rings. The van der Waals surface area contributed by atoms with Crippen LogP contribution in [-0.4, -0.2) is 52.2 Å². The Labute approximate surface area is 158 Å². The first-order chi connectivity index (χ1) is 13.3. The summed E-state index contributed by atoms with van der Waals surface area (Å²) in [5.41, 5.74) is 1.67. The predicted octanol–water partition coefficient (Wildman–Crippen LogP) is 0.248. The van der Waals surface area contributed by atoms with E-state index in [1.54, 1.807) is 18.8 Å². The van der Waals surface area contributed by atoms with Crippen LogP contribution < -0.4 is 10.6 Å². The highest BCUT2D eigenvalue weighted by molar-refractivity contribution is 6.09. The molecule has 28 heavy (non-hydrogen) atoms. The zero-order valence-electron chi connectivity index (χ0n) is 15.4. The molecule has 0 saturated heterocycles. The second kappa shape index (κ2) is 7.34. The van der Waals surface area contributed by atoms with Crippen LogP contribution in [0.3, 0.4) is 0 Å². The smallest absolute Gasteiger partial charge is 0.338 e. The van der Waals surface area contributed by atoms with E-state index >= 15 is 0 Å². The van der Waals surface area contributed by atoms with Crippen LogP contribution in [0.2, 0.25) is 0 Å². The zero-order valence-corrected chi connectivity index (χ0v) is 15.4. The maximum absolute atomic E-state index is 12.7. The van der Waals surface area contributed by atoms with Crippen LogP contribution in [0.4, 0.5) is 11.4 Å². The zero-order chi connectivity index (χ0) is 20.4. The van der Waals surface area contributed by atoms with Crippen LogP contribution in [0.25, 0.3) is 0 Å². The van der Waals surface area contributed by atoms with E-state index in [9.17, 15) is 14.4 Å². The van der Waals surface area contributed by atoms with Crippen LogP contribution in [0.1, 0.15) is 26.5 Å². The quantitative estimate of drug-likeness (QED) is 0.549. The third-order valence-corrected chi connectivity index (χ3v) is 4.10. The number of aryl methyl sites for hydroxylation is 2. The molecule has 0 aliphatic carbocycles. The summed E-state index contributed by atoms with van der Waals surface area (Å²) in [6.07, 6.45) is 5.27. The molecule has 0 saturated carbocycles. The van der Waals surface area contributed by atoms with E-state index in [1.807, 2.05) is 6.92 Å². The molecule has 3 heterocycles. The molecule has 0 spiro atoms. The van der Waals surface area contributed by atoms with Gasteiger partial charge < -0.3 is 15.7 Å². The molecular formula is C16H18N8O4. The molecule has 12 nitrogen and oxygen atoms in total. The molecule has 2 amide bonds.